The van der Waals surface area contributed by atoms with Gasteiger partial charge in [-0.25, -0.2) is 0 Å². The molecule has 13 heavy (non-hydrogen) atoms. The van der Waals surface area contributed by atoms with E-state index in [0.29, 0.717) is 0 Å². The normalized spacial score (nSPS) is 15.2. The molecule has 0 saturated carbocycles. The van der Waals surface area contributed by atoms with Gasteiger partial charge in [0.15, 0.2) is 0 Å². The molecule has 0 unspecified atom stereocenters. The molecule has 0 aromatic heterocycles. The third-order valence-corrected chi connectivity index (χ3v) is 3.01. The summed E-state index contributed by atoms with van der Waals surface area (Å²) in [5.74, 6) is 0.999. The Labute approximate surface area is 86.4 Å². The molecule has 3 heteroatoms. The summed E-state index contributed by atoms with van der Waals surface area (Å²) in [6.07, 6.45) is 1.05. The van der Waals surface area contributed by atoms with Gasteiger partial charge in [-0.2, -0.15) is 0 Å². The van der Waals surface area contributed by atoms with Gasteiger partial charge in [0.2, 0.25) is 0 Å². The van der Waals surface area contributed by atoms with Crippen molar-refractivity contribution in [3.05, 3.63) is 27.7 Å². The third-order valence-electron chi connectivity index (χ3n) is 2.38. The fourth-order valence-electron chi connectivity index (χ4n) is 1.74. The molecular weight excluding hydrogens is 230 g/mol. The van der Waals surface area contributed by atoms with Gasteiger partial charge in [0.05, 0.1) is 11.6 Å². The summed E-state index contributed by atoms with van der Waals surface area (Å²) < 4.78 is 6.42. The zero-order valence-electron chi connectivity index (χ0n) is 7.56. The Morgan fingerprint density at radius 1 is 1.46 bits per heavy atom. The highest BCUT2D eigenvalue weighted by Gasteiger charge is 2.15. The predicted molar refractivity (Wildman–Crippen MR) is 56.1 cm³/mol. The number of nitrogens with one attached hydrogen (secondary N) is 1. The van der Waals surface area contributed by atoms with E-state index in [2.05, 4.69) is 27.3 Å². The minimum atomic E-state index is 0.957. The molecule has 0 atom stereocenters. The monoisotopic (exact) mass is 241 g/mol. The molecular formula is C10H12BrNO. The third kappa shape index (κ3) is 1.58. The highest BCUT2D eigenvalue weighted by molar-refractivity contribution is 9.10. The molecule has 70 valence electrons. The molecule has 0 saturated heterocycles. The fraction of sp³-hybridized carbons (Fsp3) is 0.400. The topological polar surface area (TPSA) is 21.3 Å². The van der Waals surface area contributed by atoms with Crippen LogP contribution in [0, 0.1) is 0 Å². The Morgan fingerprint density at radius 2 is 2.31 bits per heavy atom. The van der Waals surface area contributed by atoms with Crippen LogP contribution in [0.25, 0.3) is 0 Å². The van der Waals surface area contributed by atoms with Gasteiger partial charge in [-0.3, -0.25) is 0 Å². The maximum Gasteiger partial charge on any atom is 0.136 e. The van der Waals surface area contributed by atoms with E-state index >= 15 is 0 Å². The first-order valence-electron chi connectivity index (χ1n) is 4.38. The molecule has 1 aromatic carbocycles. The SMILES string of the molecule is COc1c(Br)ccc2c1CCNC2. The zero-order chi connectivity index (χ0) is 9.26. The predicted octanol–water partition coefficient (Wildman–Crippen LogP) is 2.10. The van der Waals surface area contributed by atoms with Crippen LogP contribution in [-0.4, -0.2) is 13.7 Å². The molecule has 0 amide bonds. The van der Waals surface area contributed by atoms with Gasteiger partial charge in [0.1, 0.15) is 5.75 Å². The molecule has 2 nitrogen and oxygen atoms in total. The number of fused-ring (bicyclic) bond motifs is 1. The molecule has 2 rings (SSSR count). The van der Waals surface area contributed by atoms with Crippen molar-refractivity contribution in [2.45, 2.75) is 13.0 Å². The van der Waals surface area contributed by atoms with E-state index in [1.54, 1.807) is 7.11 Å². The Balaban J connectivity index is 2.52. The van der Waals surface area contributed by atoms with E-state index in [4.69, 9.17) is 4.74 Å². The maximum atomic E-state index is 5.37. The van der Waals surface area contributed by atoms with E-state index in [9.17, 15) is 0 Å². The second-order valence-corrected chi connectivity index (χ2v) is 4.00. The Bertz CT molecular complexity index is 325. The average Bonchev–Trinajstić information content (AvgIpc) is 2.18. The van der Waals surface area contributed by atoms with Gasteiger partial charge in [-0.15, -0.1) is 0 Å². The summed E-state index contributed by atoms with van der Waals surface area (Å²) in [4.78, 5) is 0. The van der Waals surface area contributed by atoms with Crippen LogP contribution in [0.4, 0.5) is 0 Å². The van der Waals surface area contributed by atoms with Crippen molar-refractivity contribution in [2.24, 2.45) is 0 Å². The summed E-state index contributed by atoms with van der Waals surface area (Å²) in [7, 11) is 1.72. The summed E-state index contributed by atoms with van der Waals surface area (Å²) in [5.41, 5.74) is 2.70. The van der Waals surface area contributed by atoms with Crippen LogP contribution < -0.4 is 10.1 Å². The number of methoxy groups -OCH3 is 1. The minimum absolute atomic E-state index is 0.957. The first-order chi connectivity index (χ1) is 6.33. The molecule has 0 spiro atoms. The number of hydrogen-bond acceptors (Lipinski definition) is 2. The van der Waals surface area contributed by atoms with E-state index in [1.807, 2.05) is 6.07 Å². The lowest BCUT2D eigenvalue weighted by atomic mass is 10.0. The molecule has 0 radical (unpaired) electrons. The van der Waals surface area contributed by atoms with Crippen molar-refractivity contribution < 1.29 is 4.74 Å². The highest BCUT2D eigenvalue weighted by atomic mass is 79.9. The van der Waals surface area contributed by atoms with E-state index in [1.165, 1.54) is 11.1 Å². The Kier molecular flexibility index (Phi) is 2.56. The molecule has 0 bridgehead atoms. The average molecular weight is 242 g/mol. The highest BCUT2D eigenvalue weighted by Crippen LogP contribution is 2.32. The van der Waals surface area contributed by atoms with Crippen molar-refractivity contribution >= 4 is 15.9 Å². The van der Waals surface area contributed by atoms with Crippen molar-refractivity contribution in [3.8, 4) is 5.75 Å². The van der Waals surface area contributed by atoms with Crippen LogP contribution in [-0.2, 0) is 13.0 Å². The molecule has 0 fully saturated rings. The van der Waals surface area contributed by atoms with E-state index in [0.717, 1.165) is 29.7 Å². The zero-order valence-corrected chi connectivity index (χ0v) is 9.15. The molecule has 1 aliphatic rings. The fourth-order valence-corrected chi connectivity index (χ4v) is 2.27. The van der Waals surface area contributed by atoms with Crippen LogP contribution in [0.5, 0.6) is 5.75 Å². The summed E-state index contributed by atoms with van der Waals surface area (Å²) in [6, 6.07) is 4.19. The number of rotatable bonds is 1. The second-order valence-electron chi connectivity index (χ2n) is 3.15. The second kappa shape index (κ2) is 3.68. The van der Waals surface area contributed by atoms with E-state index in [-0.39, 0.29) is 0 Å². The van der Waals surface area contributed by atoms with Gasteiger partial charge in [-0.05, 0) is 40.5 Å². The quantitative estimate of drug-likeness (QED) is 0.814. The summed E-state index contributed by atoms with van der Waals surface area (Å²) >= 11 is 3.49. The first-order valence-corrected chi connectivity index (χ1v) is 5.17. The summed E-state index contributed by atoms with van der Waals surface area (Å²) in [5, 5.41) is 3.34. The first kappa shape index (κ1) is 9.03. The smallest absolute Gasteiger partial charge is 0.136 e. The van der Waals surface area contributed by atoms with Crippen molar-refractivity contribution in [1.82, 2.24) is 5.32 Å². The number of benzene rings is 1. The minimum Gasteiger partial charge on any atom is -0.495 e. The van der Waals surface area contributed by atoms with Crippen LogP contribution in [0.15, 0.2) is 16.6 Å². The number of halogens is 1. The Morgan fingerprint density at radius 3 is 3.08 bits per heavy atom. The summed E-state index contributed by atoms with van der Waals surface area (Å²) in [6.45, 7) is 2.00. The molecule has 0 aliphatic carbocycles. The van der Waals surface area contributed by atoms with Crippen LogP contribution in [0.3, 0.4) is 0 Å². The van der Waals surface area contributed by atoms with Gasteiger partial charge in [0, 0.05) is 12.1 Å². The van der Waals surface area contributed by atoms with E-state index < -0.39 is 0 Å². The molecule has 1 heterocycles. The van der Waals surface area contributed by atoms with Crippen molar-refractivity contribution in [2.75, 3.05) is 13.7 Å². The van der Waals surface area contributed by atoms with Gasteiger partial charge in [-0.1, -0.05) is 6.07 Å². The maximum absolute atomic E-state index is 5.37. The van der Waals surface area contributed by atoms with Gasteiger partial charge in [0.25, 0.3) is 0 Å². The molecule has 1 aromatic rings. The van der Waals surface area contributed by atoms with Gasteiger partial charge < -0.3 is 10.1 Å². The largest absolute Gasteiger partial charge is 0.495 e. The van der Waals surface area contributed by atoms with Gasteiger partial charge >= 0.3 is 0 Å². The van der Waals surface area contributed by atoms with Crippen molar-refractivity contribution in [1.29, 1.82) is 0 Å². The Hall–Kier alpha value is -0.540. The van der Waals surface area contributed by atoms with Crippen LogP contribution in [0.2, 0.25) is 0 Å². The van der Waals surface area contributed by atoms with Crippen molar-refractivity contribution in [3.63, 3.8) is 0 Å². The standard InChI is InChI=1S/C10H12BrNO/c1-13-10-8-4-5-12-6-7(8)2-3-9(10)11/h2-3,12H,4-6H2,1H3. The molecule has 1 aliphatic heterocycles. The van der Waals surface area contributed by atoms with Crippen LogP contribution >= 0.6 is 15.9 Å². The lowest BCUT2D eigenvalue weighted by Gasteiger charge is -2.20. The number of ether oxygens (including phenoxy) is 1. The number of hydrogen-bond donors (Lipinski definition) is 1. The van der Waals surface area contributed by atoms with Crippen LogP contribution in [0.1, 0.15) is 11.1 Å². The lowest BCUT2D eigenvalue weighted by molar-refractivity contribution is 0.403. The molecule has 1 N–H and O–H groups in total. The lowest BCUT2D eigenvalue weighted by Crippen LogP contribution is -2.24.